The maximum atomic E-state index is 6.34. The summed E-state index contributed by atoms with van der Waals surface area (Å²) >= 11 is 0. The van der Waals surface area contributed by atoms with Gasteiger partial charge >= 0.3 is 0 Å². The number of aromatic nitrogens is 4. The van der Waals surface area contributed by atoms with E-state index in [2.05, 4.69) is 15.2 Å². The van der Waals surface area contributed by atoms with Gasteiger partial charge in [-0.1, -0.05) is 19.3 Å². The lowest BCUT2D eigenvalue weighted by atomic mass is 9.88. The van der Waals surface area contributed by atoms with Crippen LogP contribution in [-0.2, 0) is 7.05 Å². The van der Waals surface area contributed by atoms with Gasteiger partial charge in [0.2, 0.25) is 0 Å². The summed E-state index contributed by atoms with van der Waals surface area (Å²) in [4.78, 5) is 11.8. The van der Waals surface area contributed by atoms with Crippen LogP contribution in [-0.4, -0.2) is 45.9 Å². The van der Waals surface area contributed by atoms with E-state index >= 15 is 0 Å². The van der Waals surface area contributed by atoms with Gasteiger partial charge in [-0.2, -0.15) is 5.10 Å². The molecule has 7 nitrogen and oxygen atoms in total. The third kappa shape index (κ3) is 2.63. The zero-order valence-corrected chi connectivity index (χ0v) is 13.8. The van der Waals surface area contributed by atoms with Crippen molar-refractivity contribution < 1.29 is 0 Å². The van der Waals surface area contributed by atoms with Crippen LogP contribution in [0.1, 0.15) is 43.8 Å². The Labute approximate surface area is 136 Å². The van der Waals surface area contributed by atoms with Gasteiger partial charge in [0, 0.05) is 39.1 Å². The molecule has 1 aliphatic heterocycles. The molecule has 7 heteroatoms. The summed E-state index contributed by atoms with van der Waals surface area (Å²) < 4.78 is 1.86. The number of nitrogens with one attached hydrogen (secondary N) is 1. The van der Waals surface area contributed by atoms with Gasteiger partial charge in [-0.25, -0.2) is 14.6 Å². The Morgan fingerprint density at radius 1 is 1.09 bits per heavy atom. The van der Waals surface area contributed by atoms with Gasteiger partial charge in [0.25, 0.3) is 0 Å². The highest BCUT2D eigenvalue weighted by Crippen LogP contribution is 2.34. The minimum absolute atomic E-state index is 0.452. The van der Waals surface area contributed by atoms with E-state index < -0.39 is 0 Å². The van der Waals surface area contributed by atoms with E-state index in [4.69, 9.17) is 15.8 Å². The first-order chi connectivity index (χ1) is 11.2. The number of hydrogen-bond acceptors (Lipinski definition) is 6. The van der Waals surface area contributed by atoms with E-state index in [1.807, 2.05) is 11.7 Å². The number of fused-ring (bicyclic) bond motifs is 1. The van der Waals surface area contributed by atoms with Crippen LogP contribution < -0.4 is 16.0 Å². The average molecular weight is 315 g/mol. The molecule has 2 aromatic rings. The summed E-state index contributed by atoms with van der Waals surface area (Å²) in [6.45, 7) is 3.82. The molecule has 1 saturated carbocycles. The van der Waals surface area contributed by atoms with Gasteiger partial charge in [-0.15, -0.1) is 0 Å². The number of nitrogens with two attached hydrogens (primary N) is 1. The third-order valence-electron chi connectivity index (χ3n) is 5.10. The highest BCUT2D eigenvalue weighted by Gasteiger charge is 2.24. The van der Waals surface area contributed by atoms with E-state index in [1.165, 1.54) is 32.1 Å². The van der Waals surface area contributed by atoms with Crippen LogP contribution in [0.25, 0.3) is 11.0 Å². The minimum Gasteiger partial charge on any atom is -0.383 e. The molecule has 3 N–H and O–H groups in total. The van der Waals surface area contributed by atoms with Crippen LogP contribution >= 0.6 is 0 Å². The number of hydrogen-bond donors (Lipinski definition) is 2. The Morgan fingerprint density at radius 3 is 2.57 bits per heavy atom. The maximum Gasteiger partial charge on any atom is 0.165 e. The number of rotatable bonds is 2. The molecule has 2 fully saturated rings. The molecular formula is C16H25N7. The van der Waals surface area contributed by atoms with Gasteiger partial charge in [0.1, 0.15) is 17.0 Å². The number of anilines is 2. The molecule has 2 aromatic heterocycles. The second-order valence-corrected chi connectivity index (χ2v) is 6.68. The van der Waals surface area contributed by atoms with Crippen molar-refractivity contribution in [2.45, 2.75) is 38.0 Å². The van der Waals surface area contributed by atoms with E-state index in [9.17, 15) is 0 Å². The summed E-state index contributed by atoms with van der Waals surface area (Å²) in [7, 11) is 1.95. The molecule has 0 bridgehead atoms. The molecule has 2 aliphatic rings. The Hall–Kier alpha value is -1.89. The first-order valence-corrected chi connectivity index (χ1v) is 8.70. The molecule has 0 unspecified atom stereocenters. The fourth-order valence-electron chi connectivity index (χ4n) is 3.81. The number of nitrogen functional groups attached to an aromatic ring is 1. The standard InChI is InChI=1S/C16H25N7/c1-22-15-12(16(21-22)23-9-7-18-8-10-23)13(17)19-14(20-15)11-5-3-2-4-6-11/h11,18H,2-10H2,1H3,(H2,17,19,20). The van der Waals surface area contributed by atoms with Crippen LogP contribution in [0.3, 0.4) is 0 Å². The summed E-state index contributed by atoms with van der Waals surface area (Å²) in [6.07, 6.45) is 6.21. The monoisotopic (exact) mass is 315 g/mol. The van der Waals surface area contributed by atoms with Gasteiger partial charge < -0.3 is 16.0 Å². The summed E-state index contributed by atoms with van der Waals surface area (Å²) in [5.41, 5.74) is 7.21. The zero-order valence-electron chi connectivity index (χ0n) is 13.8. The third-order valence-corrected chi connectivity index (χ3v) is 5.10. The minimum atomic E-state index is 0.452. The van der Waals surface area contributed by atoms with E-state index in [0.29, 0.717) is 11.7 Å². The lowest BCUT2D eigenvalue weighted by Gasteiger charge is -2.27. The first kappa shape index (κ1) is 14.7. The van der Waals surface area contributed by atoms with Crippen LogP contribution in [0.15, 0.2) is 0 Å². The van der Waals surface area contributed by atoms with Gasteiger partial charge in [0.15, 0.2) is 11.5 Å². The van der Waals surface area contributed by atoms with Crippen molar-refractivity contribution >= 4 is 22.7 Å². The summed E-state index contributed by atoms with van der Waals surface area (Å²) in [5, 5.41) is 8.97. The smallest absolute Gasteiger partial charge is 0.165 e. The Balaban J connectivity index is 1.76. The molecule has 124 valence electrons. The Morgan fingerprint density at radius 2 is 1.83 bits per heavy atom. The predicted molar refractivity (Wildman–Crippen MR) is 91.6 cm³/mol. The van der Waals surface area contributed by atoms with E-state index in [1.54, 1.807) is 0 Å². The molecule has 3 heterocycles. The van der Waals surface area contributed by atoms with Crippen molar-refractivity contribution in [1.29, 1.82) is 0 Å². The van der Waals surface area contributed by atoms with Crippen molar-refractivity contribution in [3.8, 4) is 0 Å². The Bertz CT molecular complexity index is 696. The predicted octanol–water partition coefficient (Wildman–Crippen LogP) is 1.40. The molecule has 23 heavy (non-hydrogen) atoms. The summed E-state index contributed by atoms with van der Waals surface area (Å²) in [6, 6.07) is 0. The Kier molecular flexibility index (Phi) is 3.80. The second-order valence-electron chi connectivity index (χ2n) is 6.68. The SMILES string of the molecule is Cn1nc(N2CCNCC2)c2c(N)nc(C3CCCCC3)nc21. The summed E-state index contributed by atoms with van der Waals surface area (Å²) in [5.74, 6) is 2.87. The van der Waals surface area contributed by atoms with Crippen LogP contribution in [0.4, 0.5) is 11.6 Å². The van der Waals surface area contributed by atoms with Crippen molar-refractivity contribution in [1.82, 2.24) is 25.1 Å². The van der Waals surface area contributed by atoms with Crippen molar-refractivity contribution in [3.05, 3.63) is 5.82 Å². The van der Waals surface area contributed by atoms with Crippen LogP contribution in [0.5, 0.6) is 0 Å². The highest BCUT2D eigenvalue weighted by molar-refractivity contribution is 5.96. The molecule has 0 atom stereocenters. The van der Waals surface area contributed by atoms with E-state index in [-0.39, 0.29) is 0 Å². The van der Waals surface area contributed by atoms with Gasteiger partial charge in [0.05, 0.1) is 0 Å². The topological polar surface area (TPSA) is 84.9 Å². The van der Waals surface area contributed by atoms with Crippen LogP contribution in [0.2, 0.25) is 0 Å². The van der Waals surface area contributed by atoms with Crippen LogP contribution in [0, 0.1) is 0 Å². The molecule has 1 saturated heterocycles. The zero-order chi connectivity index (χ0) is 15.8. The quantitative estimate of drug-likeness (QED) is 0.871. The lowest BCUT2D eigenvalue weighted by Crippen LogP contribution is -2.43. The largest absolute Gasteiger partial charge is 0.383 e. The fraction of sp³-hybridized carbons (Fsp3) is 0.688. The van der Waals surface area contributed by atoms with Crippen molar-refractivity contribution in [3.63, 3.8) is 0 Å². The number of nitrogens with zero attached hydrogens (tertiary/aromatic N) is 5. The molecule has 0 amide bonds. The molecule has 0 spiro atoms. The molecule has 1 aliphatic carbocycles. The number of aryl methyl sites for hydroxylation is 1. The van der Waals surface area contributed by atoms with Crippen molar-refractivity contribution in [2.75, 3.05) is 36.8 Å². The lowest BCUT2D eigenvalue weighted by molar-refractivity contribution is 0.429. The molecule has 0 aromatic carbocycles. The van der Waals surface area contributed by atoms with Gasteiger partial charge in [-0.05, 0) is 12.8 Å². The average Bonchev–Trinajstić information content (AvgIpc) is 2.94. The highest BCUT2D eigenvalue weighted by atomic mass is 15.4. The normalized spacial score (nSPS) is 20.3. The van der Waals surface area contributed by atoms with Crippen molar-refractivity contribution in [2.24, 2.45) is 7.05 Å². The molecular weight excluding hydrogens is 290 g/mol. The van der Waals surface area contributed by atoms with E-state index in [0.717, 1.165) is 48.9 Å². The number of piperazine rings is 1. The van der Waals surface area contributed by atoms with Gasteiger partial charge in [-0.3, -0.25) is 0 Å². The second kappa shape index (κ2) is 5.96. The molecule has 0 radical (unpaired) electrons. The fourth-order valence-corrected chi connectivity index (χ4v) is 3.81. The maximum absolute atomic E-state index is 6.34. The first-order valence-electron chi connectivity index (χ1n) is 8.70. The molecule has 4 rings (SSSR count).